The lowest BCUT2D eigenvalue weighted by molar-refractivity contribution is 0.0827. The highest BCUT2D eigenvalue weighted by Gasteiger charge is 2.07. The van der Waals surface area contributed by atoms with Crippen LogP contribution >= 0.6 is 0 Å². The molecule has 2 aromatic rings. The minimum atomic E-state index is -0.00558. The Balaban J connectivity index is 1.90. The lowest BCUT2D eigenvalue weighted by Crippen LogP contribution is -2.21. The molecular formula is C21H27NO2. The molecule has 24 heavy (non-hydrogen) atoms. The van der Waals surface area contributed by atoms with E-state index in [1.54, 1.807) is 31.1 Å². The normalized spacial score (nSPS) is 10.5. The van der Waals surface area contributed by atoms with Gasteiger partial charge in [0.1, 0.15) is 11.5 Å². The number of carbonyl (C=O) groups is 1. The van der Waals surface area contributed by atoms with Crippen molar-refractivity contribution in [2.75, 3.05) is 14.1 Å². The first-order chi connectivity index (χ1) is 11.6. The van der Waals surface area contributed by atoms with E-state index in [0.29, 0.717) is 5.56 Å². The monoisotopic (exact) mass is 325 g/mol. The Labute approximate surface area is 145 Å². The summed E-state index contributed by atoms with van der Waals surface area (Å²) in [6.07, 6.45) is 6.25. The molecule has 0 aliphatic heterocycles. The maximum atomic E-state index is 11.9. The Morgan fingerprint density at radius 2 is 1.46 bits per heavy atom. The van der Waals surface area contributed by atoms with Gasteiger partial charge in [-0.15, -0.1) is 0 Å². The molecule has 0 radical (unpaired) electrons. The molecule has 2 rings (SSSR count). The summed E-state index contributed by atoms with van der Waals surface area (Å²) >= 11 is 0. The molecule has 3 heteroatoms. The number of unbranched alkanes of at least 4 members (excludes halogenated alkanes) is 3. The Hall–Kier alpha value is -2.29. The topological polar surface area (TPSA) is 29.5 Å². The molecule has 0 fully saturated rings. The molecular weight excluding hydrogens is 298 g/mol. The maximum absolute atomic E-state index is 11.9. The van der Waals surface area contributed by atoms with Crippen molar-refractivity contribution in [3.05, 3.63) is 59.7 Å². The van der Waals surface area contributed by atoms with Crippen molar-refractivity contribution in [3.63, 3.8) is 0 Å². The smallest absolute Gasteiger partial charge is 0.253 e. The third-order valence-electron chi connectivity index (χ3n) is 3.99. The van der Waals surface area contributed by atoms with Crippen LogP contribution in [0.2, 0.25) is 0 Å². The molecule has 128 valence electrons. The number of carbonyl (C=O) groups excluding carboxylic acids is 1. The highest BCUT2D eigenvalue weighted by Crippen LogP contribution is 2.23. The van der Waals surface area contributed by atoms with Crippen LogP contribution in [0.4, 0.5) is 0 Å². The average Bonchev–Trinajstić information content (AvgIpc) is 2.60. The largest absolute Gasteiger partial charge is 0.457 e. The van der Waals surface area contributed by atoms with Crippen LogP contribution < -0.4 is 4.74 Å². The quantitative estimate of drug-likeness (QED) is 0.616. The fraction of sp³-hybridized carbons (Fsp3) is 0.381. The van der Waals surface area contributed by atoms with E-state index < -0.39 is 0 Å². The molecule has 0 aliphatic rings. The van der Waals surface area contributed by atoms with E-state index in [2.05, 4.69) is 19.1 Å². The molecule has 2 aromatic carbocycles. The number of hydrogen-bond acceptors (Lipinski definition) is 2. The molecule has 0 saturated heterocycles. The molecule has 0 heterocycles. The first-order valence-electron chi connectivity index (χ1n) is 8.68. The van der Waals surface area contributed by atoms with Crippen molar-refractivity contribution in [2.45, 2.75) is 39.0 Å². The van der Waals surface area contributed by atoms with E-state index in [0.717, 1.165) is 17.9 Å². The minimum Gasteiger partial charge on any atom is -0.457 e. The van der Waals surface area contributed by atoms with Gasteiger partial charge in [-0.25, -0.2) is 0 Å². The molecule has 0 bridgehead atoms. The van der Waals surface area contributed by atoms with E-state index in [1.165, 1.54) is 31.2 Å². The Morgan fingerprint density at radius 1 is 0.875 bits per heavy atom. The zero-order valence-corrected chi connectivity index (χ0v) is 14.9. The molecule has 0 saturated carbocycles. The van der Waals surface area contributed by atoms with Gasteiger partial charge in [0.2, 0.25) is 0 Å². The van der Waals surface area contributed by atoms with E-state index >= 15 is 0 Å². The second-order valence-corrected chi connectivity index (χ2v) is 6.28. The Bertz CT molecular complexity index is 630. The van der Waals surface area contributed by atoms with Gasteiger partial charge in [0.25, 0.3) is 5.91 Å². The van der Waals surface area contributed by atoms with Crippen molar-refractivity contribution < 1.29 is 9.53 Å². The van der Waals surface area contributed by atoms with Crippen LogP contribution in [0.5, 0.6) is 11.5 Å². The van der Waals surface area contributed by atoms with Gasteiger partial charge >= 0.3 is 0 Å². The zero-order valence-electron chi connectivity index (χ0n) is 14.9. The van der Waals surface area contributed by atoms with Gasteiger partial charge in [0.15, 0.2) is 0 Å². The Morgan fingerprint density at radius 3 is 2.00 bits per heavy atom. The zero-order chi connectivity index (χ0) is 17.4. The number of nitrogens with zero attached hydrogens (tertiary/aromatic N) is 1. The summed E-state index contributed by atoms with van der Waals surface area (Å²) in [6.45, 7) is 2.23. The average molecular weight is 325 g/mol. The predicted octanol–water partition coefficient (Wildman–Crippen LogP) is 5.30. The van der Waals surface area contributed by atoms with E-state index in [9.17, 15) is 4.79 Å². The van der Waals surface area contributed by atoms with Crippen LogP contribution in [0.15, 0.2) is 48.5 Å². The second-order valence-electron chi connectivity index (χ2n) is 6.28. The SMILES string of the molecule is CCCCCCc1ccc(Oc2ccc(C(=O)N(C)C)cc2)cc1. The fourth-order valence-corrected chi connectivity index (χ4v) is 2.54. The van der Waals surface area contributed by atoms with E-state index in [4.69, 9.17) is 4.74 Å². The minimum absolute atomic E-state index is 0.00558. The van der Waals surface area contributed by atoms with Crippen molar-refractivity contribution in [3.8, 4) is 11.5 Å². The molecule has 0 unspecified atom stereocenters. The predicted molar refractivity (Wildman–Crippen MR) is 98.8 cm³/mol. The van der Waals surface area contributed by atoms with Gasteiger partial charge in [-0.3, -0.25) is 4.79 Å². The van der Waals surface area contributed by atoms with Crippen molar-refractivity contribution in [1.29, 1.82) is 0 Å². The summed E-state index contributed by atoms with van der Waals surface area (Å²) in [5, 5.41) is 0. The standard InChI is InChI=1S/C21H27NO2/c1-4-5-6-7-8-17-9-13-19(14-10-17)24-20-15-11-18(12-16-20)21(23)22(2)3/h9-16H,4-8H2,1-3H3. The first-order valence-corrected chi connectivity index (χ1v) is 8.68. The van der Waals surface area contributed by atoms with Gasteiger partial charge in [-0.1, -0.05) is 38.3 Å². The van der Waals surface area contributed by atoms with Crippen LogP contribution in [0, 0.1) is 0 Å². The van der Waals surface area contributed by atoms with E-state index in [1.807, 2.05) is 24.3 Å². The van der Waals surface area contributed by atoms with Crippen molar-refractivity contribution >= 4 is 5.91 Å². The number of hydrogen-bond donors (Lipinski definition) is 0. The maximum Gasteiger partial charge on any atom is 0.253 e. The first kappa shape index (κ1) is 18.1. The summed E-state index contributed by atoms with van der Waals surface area (Å²) in [6, 6.07) is 15.5. The number of ether oxygens (including phenoxy) is 1. The van der Waals surface area contributed by atoms with Crippen LogP contribution in [0.1, 0.15) is 48.5 Å². The van der Waals surface area contributed by atoms with Gasteiger partial charge < -0.3 is 9.64 Å². The van der Waals surface area contributed by atoms with Crippen molar-refractivity contribution in [1.82, 2.24) is 4.90 Å². The lowest BCUT2D eigenvalue weighted by Gasteiger charge is -2.11. The van der Waals surface area contributed by atoms with Gasteiger partial charge in [0, 0.05) is 19.7 Å². The third kappa shape index (κ3) is 5.41. The van der Waals surface area contributed by atoms with Gasteiger partial charge in [0.05, 0.1) is 0 Å². The molecule has 3 nitrogen and oxygen atoms in total. The third-order valence-corrected chi connectivity index (χ3v) is 3.99. The Kier molecular flexibility index (Phi) is 6.86. The van der Waals surface area contributed by atoms with Crippen LogP contribution in [-0.2, 0) is 6.42 Å². The van der Waals surface area contributed by atoms with Crippen LogP contribution in [0.3, 0.4) is 0 Å². The summed E-state index contributed by atoms with van der Waals surface area (Å²) in [4.78, 5) is 13.4. The summed E-state index contributed by atoms with van der Waals surface area (Å²) < 4.78 is 5.85. The number of rotatable bonds is 8. The van der Waals surface area contributed by atoms with Crippen LogP contribution in [-0.4, -0.2) is 24.9 Å². The second kappa shape index (κ2) is 9.11. The molecule has 0 spiro atoms. The summed E-state index contributed by atoms with van der Waals surface area (Å²) in [7, 11) is 3.49. The molecule has 0 aliphatic carbocycles. The highest BCUT2D eigenvalue weighted by atomic mass is 16.5. The number of aryl methyl sites for hydroxylation is 1. The number of benzene rings is 2. The molecule has 0 aromatic heterocycles. The lowest BCUT2D eigenvalue weighted by atomic mass is 10.1. The van der Waals surface area contributed by atoms with Gasteiger partial charge in [-0.2, -0.15) is 0 Å². The van der Waals surface area contributed by atoms with Crippen LogP contribution in [0.25, 0.3) is 0 Å². The summed E-state index contributed by atoms with van der Waals surface area (Å²) in [5.74, 6) is 1.55. The van der Waals surface area contributed by atoms with Gasteiger partial charge in [-0.05, 0) is 54.8 Å². The molecule has 1 amide bonds. The summed E-state index contributed by atoms with van der Waals surface area (Å²) in [5.41, 5.74) is 2.01. The molecule has 0 atom stereocenters. The number of amides is 1. The highest BCUT2D eigenvalue weighted by molar-refractivity contribution is 5.93. The van der Waals surface area contributed by atoms with Crippen molar-refractivity contribution in [2.24, 2.45) is 0 Å². The van der Waals surface area contributed by atoms with E-state index in [-0.39, 0.29) is 5.91 Å². The molecule has 0 N–H and O–H groups in total. The fourth-order valence-electron chi connectivity index (χ4n) is 2.54.